The van der Waals surface area contributed by atoms with Crippen molar-refractivity contribution in [3.05, 3.63) is 56.5 Å². The summed E-state index contributed by atoms with van der Waals surface area (Å²) in [7, 11) is 3.30. The summed E-state index contributed by atoms with van der Waals surface area (Å²) in [6, 6.07) is 9.38. The second-order valence-electron chi connectivity index (χ2n) is 7.72. The number of rotatable bonds is 6. The van der Waals surface area contributed by atoms with E-state index in [1.54, 1.807) is 26.5 Å². The van der Waals surface area contributed by atoms with Crippen LogP contribution in [0.5, 0.6) is 11.5 Å². The first-order chi connectivity index (χ1) is 15.5. The molecule has 0 bridgehead atoms. The molecule has 168 valence electrons. The van der Waals surface area contributed by atoms with E-state index in [0.717, 1.165) is 34.6 Å². The van der Waals surface area contributed by atoms with Gasteiger partial charge in [-0.25, -0.2) is 4.98 Å². The molecule has 0 N–H and O–H groups in total. The van der Waals surface area contributed by atoms with Gasteiger partial charge in [-0.15, -0.1) is 0 Å². The smallest absolute Gasteiger partial charge is 0.282 e. The Morgan fingerprint density at radius 3 is 2.53 bits per heavy atom. The van der Waals surface area contributed by atoms with Gasteiger partial charge in [0.15, 0.2) is 0 Å². The fraction of sp³-hybridized carbons (Fsp3) is 0.375. The number of piperidine rings is 1. The number of aryl methyl sites for hydroxylation is 1. The maximum Gasteiger partial charge on any atom is 0.282 e. The highest BCUT2D eigenvalue weighted by molar-refractivity contribution is 9.10. The zero-order valence-corrected chi connectivity index (χ0v) is 20.2. The Labute approximate surface area is 195 Å². The zero-order valence-electron chi connectivity index (χ0n) is 18.6. The Morgan fingerprint density at radius 1 is 1.09 bits per heavy atom. The lowest BCUT2D eigenvalue weighted by molar-refractivity contribution is 0.401. The number of ether oxygens (including phenoxy) is 2. The molecule has 7 nitrogen and oxygen atoms in total. The van der Waals surface area contributed by atoms with Crippen molar-refractivity contribution >= 4 is 38.7 Å². The van der Waals surface area contributed by atoms with Crippen molar-refractivity contribution in [3.8, 4) is 11.5 Å². The summed E-state index contributed by atoms with van der Waals surface area (Å²) in [5.41, 5.74) is 2.20. The van der Waals surface area contributed by atoms with Crippen molar-refractivity contribution in [1.82, 2.24) is 9.66 Å². The molecule has 8 heteroatoms. The van der Waals surface area contributed by atoms with Gasteiger partial charge in [0.2, 0.25) is 0 Å². The number of methoxy groups -OCH3 is 2. The lowest BCUT2D eigenvalue weighted by Gasteiger charge is -2.30. The molecule has 1 aliphatic rings. The van der Waals surface area contributed by atoms with Crippen LogP contribution >= 0.6 is 15.9 Å². The third-order valence-corrected chi connectivity index (χ3v) is 6.23. The van der Waals surface area contributed by atoms with Crippen LogP contribution in [-0.2, 0) is 6.42 Å². The van der Waals surface area contributed by atoms with Crippen LogP contribution in [0.1, 0.15) is 37.6 Å². The van der Waals surface area contributed by atoms with Crippen LogP contribution < -0.4 is 19.9 Å². The van der Waals surface area contributed by atoms with Crippen molar-refractivity contribution < 1.29 is 9.47 Å². The molecular formula is C24H27BrN4O3. The fourth-order valence-corrected chi connectivity index (χ4v) is 4.41. The predicted molar refractivity (Wildman–Crippen MR) is 132 cm³/mol. The van der Waals surface area contributed by atoms with E-state index in [0.29, 0.717) is 28.9 Å². The summed E-state index contributed by atoms with van der Waals surface area (Å²) in [6.07, 6.45) is 5.80. The maximum atomic E-state index is 13.1. The Balaban J connectivity index is 1.78. The molecule has 1 aliphatic heterocycles. The number of hydrogen-bond donors (Lipinski definition) is 0. The fourth-order valence-electron chi connectivity index (χ4n) is 4.05. The molecule has 1 fully saturated rings. The lowest BCUT2D eigenvalue weighted by atomic mass is 10.1. The third-order valence-electron chi connectivity index (χ3n) is 5.73. The number of fused-ring (bicyclic) bond motifs is 1. The second-order valence-corrected chi connectivity index (χ2v) is 8.63. The highest BCUT2D eigenvalue weighted by Crippen LogP contribution is 2.36. The van der Waals surface area contributed by atoms with Gasteiger partial charge in [0, 0.05) is 35.6 Å². The van der Waals surface area contributed by atoms with Crippen LogP contribution in [0.25, 0.3) is 10.9 Å². The van der Waals surface area contributed by atoms with E-state index < -0.39 is 0 Å². The number of halogens is 1. The standard InChI is InChI=1S/C24H27BrN4O3/c1-4-23-27-19-9-8-17(25)13-18(19)24(30)29(23)26-15-16-12-22(32-3)20(14-21(16)31-2)28-10-6-5-7-11-28/h8-9,12-15H,4-7,10-11H2,1-3H3. The molecule has 0 aliphatic carbocycles. The molecule has 32 heavy (non-hydrogen) atoms. The molecule has 0 spiro atoms. The first kappa shape index (κ1) is 22.3. The summed E-state index contributed by atoms with van der Waals surface area (Å²) in [4.78, 5) is 20.1. The van der Waals surface area contributed by atoms with Crippen molar-refractivity contribution in [2.24, 2.45) is 5.10 Å². The number of hydrogen-bond acceptors (Lipinski definition) is 6. The Kier molecular flexibility index (Phi) is 6.79. The average molecular weight is 499 g/mol. The third kappa shape index (κ3) is 4.37. The highest BCUT2D eigenvalue weighted by Gasteiger charge is 2.18. The largest absolute Gasteiger partial charge is 0.496 e. The van der Waals surface area contributed by atoms with Gasteiger partial charge in [0.05, 0.1) is 37.0 Å². The molecule has 4 rings (SSSR count). The van der Waals surface area contributed by atoms with E-state index in [-0.39, 0.29) is 5.56 Å². The normalized spacial score (nSPS) is 14.3. The van der Waals surface area contributed by atoms with Crippen molar-refractivity contribution in [1.29, 1.82) is 0 Å². The average Bonchev–Trinajstić information content (AvgIpc) is 2.83. The van der Waals surface area contributed by atoms with Gasteiger partial charge in [-0.1, -0.05) is 22.9 Å². The predicted octanol–water partition coefficient (Wildman–Crippen LogP) is 4.61. The van der Waals surface area contributed by atoms with E-state index >= 15 is 0 Å². The molecule has 0 unspecified atom stereocenters. The van der Waals surface area contributed by atoms with Crippen molar-refractivity contribution in [2.45, 2.75) is 32.6 Å². The molecule has 2 aromatic carbocycles. The van der Waals surface area contributed by atoms with Crippen LogP contribution in [0.15, 0.2) is 44.7 Å². The SMILES string of the molecule is CCc1nc2ccc(Br)cc2c(=O)n1N=Cc1cc(OC)c(N2CCCCC2)cc1OC. The van der Waals surface area contributed by atoms with Gasteiger partial charge < -0.3 is 14.4 Å². The first-order valence-electron chi connectivity index (χ1n) is 10.8. The Hall–Kier alpha value is -2.87. The molecule has 1 aromatic heterocycles. The highest BCUT2D eigenvalue weighted by atomic mass is 79.9. The Morgan fingerprint density at radius 2 is 1.84 bits per heavy atom. The maximum absolute atomic E-state index is 13.1. The minimum absolute atomic E-state index is 0.208. The number of aromatic nitrogens is 2. The van der Waals surface area contributed by atoms with Gasteiger partial charge in [0.1, 0.15) is 17.3 Å². The van der Waals surface area contributed by atoms with Crippen LogP contribution in [0.2, 0.25) is 0 Å². The summed E-state index contributed by atoms with van der Waals surface area (Å²) in [5.74, 6) is 2.03. The van der Waals surface area contributed by atoms with Gasteiger partial charge in [0.25, 0.3) is 5.56 Å². The van der Waals surface area contributed by atoms with E-state index in [4.69, 9.17) is 9.47 Å². The van der Waals surface area contributed by atoms with E-state index in [2.05, 4.69) is 30.9 Å². The minimum atomic E-state index is -0.208. The van der Waals surface area contributed by atoms with Crippen LogP contribution in [-0.4, -0.2) is 43.2 Å². The molecule has 1 saturated heterocycles. The summed E-state index contributed by atoms with van der Waals surface area (Å²) in [6.45, 7) is 3.95. The number of nitrogens with zero attached hydrogens (tertiary/aromatic N) is 4. The van der Waals surface area contributed by atoms with E-state index in [1.165, 1.54) is 23.9 Å². The summed E-state index contributed by atoms with van der Waals surface area (Å²) >= 11 is 3.43. The van der Waals surface area contributed by atoms with Gasteiger partial charge in [-0.2, -0.15) is 9.78 Å². The number of anilines is 1. The van der Waals surface area contributed by atoms with Crippen LogP contribution in [0.3, 0.4) is 0 Å². The van der Waals surface area contributed by atoms with Gasteiger partial charge in [-0.05, 0) is 43.5 Å². The number of benzene rings is 2. The van der Waals surface area contributed by atoms with Crippen LogP contribution in [0.4, 0.5) is 5.69 Å². The molecule has 3 aromatic rings. The lowest BCUT2D eigenvalue weighted by Crippen LogP contribution is -2.29. The Bertz CT molecular complexity index is 1220. The van der Waals surface area contributed by atoms with Gasteiger partial charge in [-0.3, -0.25) is 4.79 Å². The molecule has 0 radical (unpaired) electrons. The molecular weight excluding hydrogens is 472 g/mol. The molecule has 0 saturated carbocycles. The monoisotopic (exact) mass is 498 g/mol. The van der Waals surface area contributed by atoms with Crippen molar-refractivity contribution in [3.63, 3.8) is 0 Å². The second kappa shape index (κ2) is 9.73. The summed E-state index contributed by atoms with van der Waals surface area (Å²) in [5, 5.41) is 5.02. The van der Waals surface area contributed by atoms with Crippen LogP contribution in [0, 0.1) is 0 Å². The molecule has 0 atom stereocenters. The zero-order chi connectivity index (χ0) is 22.7. The van der Waals surface area contributed by atoms with Crippen molar-refractivity contribution in [2.75, 3.05) is 32.2 Å². The molecule has 2 heterocycles. The minimum Gasteiger partial charge on any atom is -0.496 e. The molecule has 0 amide bonds. The van der Waals surface area contributed by atoms with Gasteiger partial charge >= 0.3 is 0 Å². The van der Waals surface area contributed by atoms with E-state index in [1.807, 2.05) is 31.2 Å². The summed E-state index contributed by atoms with van der Waals surface area (Å²) < 4.78 is 13.5. The quantitative estimate of drug-likeness (QED) is 0.464. The van der Waals surface area contributed by atoms with E-state index in [9.17, 15) is 4.79 Å². The first-order valence-corrected chi connectivity index (χ1v) is 11.6. The topological polar surface area (TPSA) is 69.0 Å².